The van der Waals surface area contributed by atoms with E-state index in [0.29, 0.717) is 0 Å². The molecule has 0 aliphatic carbocycles. The molecule has 0 unspecified atom stereocenters. The molecule has 0 saturated carbocycles. The zero-order valence-corrected chi connectivity index (χ0v) is 25.8. The summed E-state index contributed by atoms with van der Waals surface area (Å²) in [6.07, 6.45) is 0. The Bertz CT molecular complexity index is 2970. The largest absolute Gasteiger partial charge is 0.455 e. The molecule has 2 heteroatoms. The van der Waals surface area contributed by atoms with E-state index in [1.54, 1.807) is 0 Å². The summed E-state index contributed by atoms with van der Waals surface area (Å²) in [5, 5.41) is 14.1. The second-order valence-corrected chi connectivity index (χ2v) is 12.7. The van der Waals surface area contributed by atoms with Gasteiger partial charge in [-0.15, -0.1) is 0 Å². The Hall–Kier alpha value is -6.38. The second-order valence-electron chi connectivity index (χ2n) is 12.7. The molecule has 0 saturated heterocycles. The van der Waals surface area contributed by atoms with Crippen LogP contribution in [0.1, 0.15) is 0 Å². The number of hydrogen-bond acceptors (Lipinski definition) is 2. The van der Waals surface area contributed by atoms with Crippen LogP contribution in [0.2, 0.25) is 0 Å². The normalized spacial score (nSPS) is 12.2. The summed E-state index contributed by atoms with van der Waals surface area (Å²) < 4.78 is 13.6. The van der Waals surface area contributed by atoms with Crippen LogP contribution in [0.15, 0.2) is 167 Å². The van der Waals surface area contributed by atoms with Crippen LogP contribution in [0.25, 0.3) is 109 Å². The number of benzene rings is 9. The summed E-state index contributed by atoms with van der Waals surface area (Å²) in [5.74, 6) is 0. The van der Waals surface area contributed by atoms with E-state index in [1.807, 2.05) is 12.1 Å². The zero-order chi connectivity index (χ0) is 31.3. The molecule has 0 N–H and O–H groups in total. The monoisotopic (exact) mass is 610 g/mol. The van der Waals surface area contributed by atoms with Crippen LogP contribution in [-0.4, -0.2) is 0 Å². The van der Waals surface area contributed by atoms with Crippen molar-refractivity contribution in [1.29, 1.82) is 0 Å². The van der Waals surface area contributed by atoms with Gasteiger partial charge in [0.1, 0.15) is 22.3 Å². The Morgan fingerprint density at radius 2 is 0.688 bits per heavy atom. The quantitative estimate of drug-likeness (QED) is 0.144. The predicted octanol–water partition coefficient (Wildman–Crippen LogP) is 13.4. The highest BCUT2D eigenvalue weighted by Crippen LogP contribution is 2.51. The maximum Gasteiger partial charge on any atom is 0.147 e. The molecule has 0 bridgehead atoms. The van der Waals surface area contributed by atoms with Crippen LogP contribution in [0.4, 0.5) is 0 Å². The lowest BCUT2D eigenvalue weighted by Gasteiger charge is -2.19. The summed E-state index contributed by atoms with van der Waals surface area (Å²) in [4.78, 5) is 0. The van der Waals surface area contributed by atoms with Crippen molar-refractivity contribution < 1.29 is 8.83 Å². The third-order valence-electron chi connectivity index (χ3n) is 10.2. The number of para-hydroxylation sites is 2. The Kier molecular flexibility index (Phi) is 5.14. The Morgan fingerprint density at radius 1 is 0.271 bits per heavy atom. The second kappa shape index (κ2) is 9.57. The van der Waals surface area contributed by atoms with Crippen molar-refractivity contribution in [2.24, 2.45) is 0 Å². The van der Waals surface area contributed by atoms with Gasteiger partial charge in [-0.25, -0.2) is 0 Å². The van der Waals surface area contributed by atoms with Gasteiger partial charge in [-0.3, -0.25) is 0 Å². The highest BCUT2D eigenvalue weighted by Gasteiger charge is 2.26. The minimum Gasteiger partial charge on any atom is -0.455 e. The molecule has 48 heavy (non-hydrogen) atoms. The number of furan rings is 2. The van der Waals surface area contributed by atoms with Crippen molar-refractivity contribution in [3.63, 3.8) is 0 Å². The third kappa shape index (κ3) is 3.41. The minimum absolute atomic E-state index is 0.849. The summed E-state index contributed by atoms with van der Waals surface area (Å²) >= 11 is 0. The van der Waals surface area contributed by atoms with Crippen molar-refractivity contribution in [2.75, 3.05) is 0 Å². The molecular formula is C46H26O2. The number of rotatable bonds is 2. The average Bonchev–Trinajstić information content (AvgIpc) is 3.71. The number of hydrogen-bond donors (Lipinski definition) is 0. The molecule has 0 spiro atoms. The first-order valence-corrected chi connectivity index (χ1v) is 16.4. The van der Waals surface area contributed by atoms with Gasteiger partial charge in [0.25, 0.3) is 0 Å². The molecule has 9 aromatic carbocycles. The lowest BCUT2D eigenvalue weighted by atomic mass is 9.83. The average molecular weight is 611 g/mol. The van der Waals surface area contributed by atoms with Crippen molar-refractivity contribution in [2.45, 2.75) is 0 Å². The predicted molar refractivity (Wildman–Crippen MR) is 202 cm³/mol. The zero-order valence-electron chi connectivity index (χ0n) is 25.8. The molecule has 0 aliphatic rings. The highest BCUT2D eigenvalue weighted by molar-refractivity contribution is 6.31. The molecule has 2 aromatic heterocycles. The smallest absolute Gasteiger partial charge is 0.147 e. The van der Waals surface area contributed by atoms with E-state index in [0.717, 1.165) is 65.8 Å². The first kappa shape index (κ1) is 25.8. The van der Waals surface area contributed by atoms with Crippen molar-refractivity contribution in [3.05, 3.63) is 158 Å². The van der Waals surface area contributed by atoms with Crippen LogP contribution in [0.5, 0.6) is 0 Å². The van der Waals surface area contributed by atoms with Crippen molar-refractivity contribution >= 4 is 87.0 Å². The molecule has 0 radical (unpaired) electrons. The first-order valence-electron chi connectivity index (χ1n) is 16.4. The minimum atomic E-state index is 0.849. The van der Waals surface area contributed by atoms with Crippen LogP contribution in [-0.2, 0) is 0 Å². The standard InChI is InChI=1S/C46H26O2/c1-2-14-28-27(13-1)25-37(30-16-4-3-15-29(28)30)42-33-19-5-7-21-35(33)43(36-22-8-6-20-34(36)42)44-45-38(31-17-9-11-23-40(31)47-45)26-39-32-18-10-12-24-41(32)48-46(39)44/h1-26H. The van der Waals surface area contributed by atoms with Gasteiger partial charge in [-0.2, -0.15) is 0 Å². The van der Waals surface area contributed by atoms with Crippen LogP contribution >= 0.6 is 0 Å². The molecule has 0 atom stereocenters. The molecule has 11 rings (SSSR count). The fourth-order valence-corrected chi connectivity index (χ4v) is 8.21. The number of fused-ring (bicyclic) bond motifs is 11. The van der Waals surface area contributed by atoms with Gasteiger partial charge in [-0.1, -0.05) is 133 Å². The fraction of sp³-hybridized carbons (Fsp3) is 0. The van der Waals surface area contributed by atoms with E-state index >= 15 is 0 Å². The fourth-order valence-electron chi connectivity index (χ4n) is 8.21. The van der Waals surface area contributed by atoms with Crippen LogP contribution in [0, 0.1) is 0 Å². The van der Waals surface area contributed by atoms with Crippen LogP contribution < -0.4 is 0 Å². The van der Waals surface area contributed by atoms with E-state index < -0.39 is 0 Å². The summed E-state index contributed by atoms with van der Waals surface area (Å²) in [6.45, 7) is 0. The summed E-state index contributed by atoms with van der Waals surface area (Å²) in [5.41, 5.74) is 8.05. The third-order valence-corrected chi connectivity index (χ3v) is 10.2. The van der Waals surface area contributed by atoms with Gasteiger partial charge in [0, 0.05) is 27.1 Å². The van der Waals surface area contributed by atoms with E-state index in [-0.39, 0.29) is 0 Å². The molecule has 11 aromatic rings. The molecule has 222 valence electrons. The van der Waals surface area contributed by atoms with Gasteiger partial charge in [0.05, 0.1) is 5.56 Å². The van der Waals surface area contributed by atoms with Gasteiger partial charge in [0.15, 0.2) is 0 Å². The SMILES string of the molecule is c1ccc2c(c1)cc(-c1c3ccccc3c(-c3c4oc5ccccc5c4cc4c3oc3ccccc34)c3ccccc13)c1ccccc12. The molecular weight excluding hydrogens is 585 g/mol. The highest BCUT2D eigenvalue weighted by atomic mass is 16.3. The first-order chi connectivity index (χ1) is 23.8. The molecule has 2 heterocycles. The molecule has 0 fully saturated rings. The molecule has 0 amide bonds. The van der Waals surface area contributed by atoms with Crippen molar-refractivity contribution in [1.82, 2.24) is 0 Å². The maximum absolute atomic E-state index is 6.80. The molecule has 2 nitrogen and oxygen atoms in total. The van der Waals surface area contributed by atoms with Gasteiger partial charge in [-0.05, 0) is 78.5 Å². The lowest BCUT2D eigenvalue weighted by Crippen LogP contribution is -1.93. The van der Waals surface area contributed by atoms with E-state index in [9.17, 15) is 0 Å². The topological polar surface area (TPSA) is 26.3 Å². The Balaban J connectivity index is 1.37. The molecule has 0 aliphatic heterocycles. The van der Waals surface area contributed by atoms with E-state index in [1.165, 1.54) is 43.4 Å². The van der Waals surface area contributed by atoms with Crippen LogP contribution in [0.3, 0.4) is 0 Å². The Morgan fingerprint density at radius 3 is 1.25 bits per heavy atom. The van der Waals surface area contributed by atoms with Gasteiger partial charge < -0.3 is 8.83 Å². The summed E-state index contributed by atoms with van der Waals surface area (Å²) in [6, 6.07) is 56.5. The van der Waals surface area contributed by atoms with Gasteiger partial charge in [0.2, 0.25) is 0 Å². The van der Waals surface area contributed by atoms with E-state index in [4.69, 9.17) is 8.83 Å². The van der Waals surface area contributed by atoms with Gasteiger partial charge >= 0.3 is 0 Å². The Labute approximate surface area is 275 Å². The van der Waals surface area contributed by atoms with Crippen molar-refractivity contribution in [3.8, 4) is 22.3 Å². The van der Waals surface area contributed by atoms with E-state index in [2.05, 4.69) is 146 Å². The maximum atomic E-state index is 6.80. The lowest BCUT2D eigenvalue weighted by molar-refractivity contribution is 0.658. The summed E-state index contributed by atoms with van der Waals surface area (Å²) in [7, 11) is 0.